The van der Waals surface area contributed by atoms with Gasteiger partial charge in [-0.3, -0.25) is 14.4 Å². The van der Waals surface area contributed by atoms with E-state index >= 15 is 0 Å². The molecule has 4 rings (SSSR count). The molecular weight excluding hydrogens is 415 g/mol. The van der Waals surface area contributed by atoms with Gasteiger partial charge in [0.1, 0.15) is 18.7 Å². The zero-order valence-corrected chi connectivity index (χ0v) is 17.6. The standard InChI is InChI=1S/C22H21FN6O3/c1-13-14(2)21(31)27-26-19(13)8-15-3-4-18(23)17(7-15)22(32)28-5-6-29(20(30)11-28)16-9-24-12-25-10-16/h3-4,7,9-10,12H,5-6,8,11H2,1-2H3,(H,27,31). The van der Waals surface area contributed by atoms with Gasteiger partial charge in [0.25, 0.3) is 11.5 Å². The van der Waals surface area contributed by atoms with E-state index in [4.69, 9.17) is 0 Å². The van der Waals surface area contributed by atoms with Crippen LogP contribution >= 0.6 is 0 Å². The molecule has 1 aromatic carbocycles. The minimum atomic E-state index is -0.660. The third kappa shape index (κ3) is 4.11. The van der Waals surface area contributed by atoms with Crippen LogP contribution in [-0.2, 0) is 11.2 Å². The van der Waals surface area contributed by atoms with Gasteiger partial charge in [-0.25, -0.2) is 19.5 Å². The van der Waals surface area contributed by atoms with Crippen LogP contribution in [0.25, 0.3) is 0 Å². The molecule has 0 spiro atoms. The zero-order chi connectivity index (χ0) is 22.8. The number of aromatic nitrogens is 4. The van der Waals surface area contributed by atoms with Crippen LogP contribution in [0.3, 0.4) is 0 Å². The summed E-state index contributed by atoms with van der Waals surface area (Å²) in [6.45, 7) is 3.85. The van der Waals surface area contributed by atoms with Crippen LogP contribution in [-0.4, -0.2) is 56.5 Å². The molecule has 2 amide bonds. The maximum Gasteiger partial charge on any atom is 0.267 e. The van der Waals surface area contributed by atoms with Crippen molar-refractivity contribution in [3.8, 4) is 0 Å². The molecule has 10 heteroatoms. The third-order valence-corrected chi connectivity index (χ3v) is 5.63. The average molecular weight is 436 g/mol. The number of anilines is 1. The molecule has 2 aromatic heterocycles. The van der Waals surface area contributed by atoms with Crippen LogP contribution in [0.15, 0.2) is 41.7 Å². The number of nitrogens with zero attached hydrogens (tertiary/aromatic N) is 5. The molecule has 1 fully saturated rings. The van der Waals surface area contributed by atoms with Gasteiger partial charge in [-0.2, -0.15) is 5.10 Å². The van der Waals surface area contributed by atoms with Crippen molar-refractivity contribution in [2.24, 2.45) is 0 Å². The Morgan fingerprint density at radius 2 is 1.88 bits per heavy atom. The fraction of sp³-hybridized carbons (Fsp3) is 0.273. The molecular formula is C22H21FN6O3. The summed E-state index contributed by atoms with van der Waals surface area (Å²) in [6.07, 6.45) is 4.75. The van der Waals surface area contributed by atoms with Gasteiger partial charge in [-0.1, -0.05) is 6.07 Å². The molecule has 0 aliphatic carbocycles. The molecule has 164 valence electrons. The maximum atomic E-state index is 14.5. The first-order valence-corrected chi connectivity index (χ1v) is 10.0. The fourth-order valence-corrected chi connectivity index (χ4v) is 3.60. The monoisotopic (exact) mass is 436 g/mol. The summed E-state index contributed by atoms with van der Waals surface area (Å²) in [6, 6.07) is 4.28. The Morgan fingerprint density at radius 3 is 2.59 bits per heavy atom. The van der Waals surface area contributed by atoms with Gasteiger partial charge in [0.05, 0.1) is 29.3 Å². The number of aromatic amines is 1. The highest BCUT2D eigenvalue weighted by molar-refractivity contribution is 6.01. The SMILES string of the molecule is Cc1c(Cc2ccc(F)c(C(=O)N3CCN(c4cncnc4)C(=O)C3)c2)n[nH]c(=O)c1C. The van der Waals surface area contributed by atoms with Gasteiger partial charge in [0.15, 0.2) is 0 Å². The lowest BCUT2D eigenvalue weighted by molar-refractivity contribution is -0.120. The first-order valence-electron chi connectivity index (χ1n) is 10.0. The Morgan fingerprint density at radius 1 is 1.12 bits per heavy atom. The number of hydrogen-bond acceptors (Lipinski definition) is 6. The second kappa shape index (κ2) is 8.66. The molecule has 0 radical (unpaired) electrons. The molecule has 0 unspecified atom stereocenters. The van der Waals surface area contributed by atoms with E-state index in [0.717, 1.165) is 5.56 Å². The predicted octanol–water partition coefficient (Wildman–Crippen LogP) is 1.40. The molecule has 32 heavy (non-hydrogen) atoms. The Kier molecular flexibility index (Phi) is 5.76. The van der Waals surface area contributed by atoms with Gasteiger partial charge in [-0.15, -0.1) is 0 Å². The molecule has 9 nitrogen and oxygen atoms in total. The van der Waals surface area contributed by atoms with Crippen LogP contribution in [0.5, 0.6) is 0 Å². The van der Waals surface area contributed by atoms with Crippen LogP contribution < -0.4 is 10.5 Å². The largest absolute Gasteiger partial charge is 0.327 e. The van der Waals surface area contributed by atoms with Gasteiger partial charge in [0, 0.05) is 25.1 Å². The van der Waals surface area contributed by atoms with E-state index < -0.39 is 11.7 Å². The maximum absolute atomic E-state index is 14.5. The number of benzene rings is 1. The van der Waals surface area contributed by atoms with Crippen LogP contribution in [0, 0.1) is 19.7 Å². The first-order chi connectivity index (χ1) is 15.3. The van der Waals surface area contributed by atoms with E-state index in [0.29, 0.717) is 28.9 Å². The lowest BCUT2D eigenvalue weighted by atomic mass is 10.0. The fourth-order valence-electron chi connectivity index (χ4n) is 3.60. The summed E-state index contributed by atoms with van der Waals surface area (Å²) < 4.78 is 14.5. The number of H-pyrrole nitrogens is 1. The van der Waals surface area contributed by atoms with E-state index in [1.54, 1.807) is 19.9 Å². The van der Waals surface area contributed by atoms with Crippen molar-refractivity contribution in [2.75, 3.05) is 24.5 Å². The number of carbonyl (C=O) groups is 2. The van der Waals surface area contributed by atoms with Gasteiger partial charge < -0.3 is 9.80 Å². The van der Waals surface area contributed by atoms with Gasteiger partial charge in [-0.05, 0) is 37.1 Å². The predicted molar refractivity (Wildman–Crippen MR) is 114 cm³/mol. The number of carbonyl (C=O) groups excluding carboxylic acids is 2. The summed E-state index contributed by atoms with van der Waals surface area (Å²) in [5.74, 6) is -1.50. The Labute approximate surface area is 182 Å². The Bertz CT molecular complexity index is 1240. The highest BCUT2D eigenvalue weighted by Crippen LogP contribution is 2.20. The van der Waals surface area contributed by atoms with Crippen molar-refractivity contribution in [2.45, 2.75) is 20.3 Å². The van der Waals surface area contributed by atoms with Crippen molar-refractivity contribution in [1.82, 2.24) is 25.1 Å². The molecule has 1 saturated heterocycles. The molecule has 0 atom stereocenters. The molecule has 1 aliphatic rings. The van der Waals surface area contributed by atoms with E-state index in [1.165, 1.54) is 40.7 Å². The number of halogens is 1. The second-order valence-corrected chi connectivity index (χ2v) is 7.61. The number of piperazine rings is 1. The number of amides is 2. The van der Waals surface area contributed by atoms with Gasteiger partial charge in [0.2, 0.25) is 5.91 Å². The van der Waals surface area contributed by atoms with Crippen molar-refractivity contribution in [3.05, 3.63) is 81.0 Å². The number of nitrogens with one attached hydrogen (secondary N) is 1. The molecule has 0 saturated carbocycles. The molecule has 3 aromatic rings. The number of hydrogen-bond donors (Lipinski definition) is 1. The van der Waals surface area contributed by atoms with Crippen LogP contribution in [0.2, 0.25) is 0 Å². The summed E-state index contributed by atoms with van der Waals surface area (Å²) in [5, 5.41) is 6.53. The molecule has 0 bridgehead atoms. The normalized spacial score (nSPS) is 14.0. The number of rotatable bonds is 4. The lowest BCUT2D eigenvalue weighted by Gasteiger charge is -2.34. The van der Waals surface area contributed by atoms with Crippen molar-refractivity contribution < 1.29 is 14.0 Å². The average Bonchev–Trinajstić information content (AvgIpc) is 2.80. The Hall–Kier alpha value is -3.95. The summed E-state index contributed by atoms with van der Waals surface area (Å²) in [4.78, 5) is 47.9. The van der Waals surface area contributed by atoms with Crippen molar-refractivity contribution in [3.63, 3.8) is 0 Å². The van der Waals surface area contributed by atoms with Crippen LogP contribution in [0.4, 0.5) is 10.1 Å². The topological polar surface area (TPSA) is 112 Å². The van der Waals surface area contributed by atoms with Crippen LogP contribution in [0.1, 0.15) is 32.7 Å². The minimum absolute atomic E-state index is 0.106. The van der Waals surface area contributed by atoms with E-state index in [2.05, 4.69) is 20.2 Å². The van der Waals surface area contributed by atoms with Crippen molar-refractivity contribution in [1.29, 1.82) is 0 Å². The molecule has 1 N–H and O–H groups in total. The highest BCUT2D eigenvalue weighted by atomic mass is 19.1. The second-order valence-electron chi connectivity index (χ2n) is 7.61. The zero-order valence-electron chi connectivity index (χ0n) is 17.6. The smallest absolute Gasteiger partial charge is 0.267 e. The summed E-state index contributed by atoms with van der Waals surface area (Å²) in [7, 11) is 0. The lowest BCUT2D eigenvalue weighted by Crippen LogP contribution is -2.52. The Balaban J connectivity index is 1.53. The molecule has 3 heterocycles. The minimum Gasteiger partial charge on any atom is -0.327 e. The van der Waals surface area contributed by atoms with E-state index in [1.807, 2.05) is 0 Å². The summed E-state index contributed by atoms with van der Waals surface area (Å²) >= 11 is 0. The molecule has 1 aliphatic heterocycles. The van der Waals surface area contributed by atoms with E-state index in [-0.39, 0.29) is 36.7 Å². The third-order valence-electron chi connectivity index (χ3n) is 5.63. The highest BCUT2D eigenvalue weighted by Gasteiger charge is 2.30. The first kappa shape index (κ1) is 21.3. The van der Waals surface area contributed by atoms with Gasteiger partial charge >= 0.3 is 0 Å². The quantitative estimate of drug-likeness (QED) is 0.662. The van der Waals surface area contributed by atoms with Crippen molar-refractivity contribution >= 4 is 17.5 Å². The summed E-state index contributed by atoms with van der Waals surface area (Å²) in [5.41, 5.74) is 2.81. The van der Waals surface area contributed by atoms with E-state index in [9.17, 15) is 18.8 Å².